The first-order valence-electron chi connectivity index (χ1n) is 10.0. The second kappa shape index (κ2) is 18.3. The van der Waals surface area contributed by atoms with Gasteiger partial charge in [-0.1, -0.05) is 82.2 Å². The van der Waals surface area contributed by atoms with Crippen molar-refractivity contribution in [3.8, 4) is 0 Å². The molecule has 0 amide bonds. The lowest BCUT2D eigenvalue weighted by Gasteiger charge is -1.98. The SMILES string of the molecule is C1CO1.CCCCCCCCCCO.O=P(O)(O)O.c1ccc(C2CO2)cc1. The fraction of sp³-hybridized carbons (Fsp3) is 0.700. The molecule has 1 unspecified atom stereocenters. The van der Waals surface area contributed by atoms with Crippen LogP contribution in [0.5, 0.6) is 0 Å². The molecule has 8 heteroatoms. The predicted octanol–water partition coefficient (Wildman–Crippen LogP) is 3.97. The molecule has 0 bridgehead atoms. The van der Waals surface area contributed by atoms with Gasteiger partial charge in [0.2, 0.25) is 0 Å². The number of benzene rings is 1. The second-order valence-corrected chi connectivity index (χ2v) is 7.58. The molecule has 0 aliphatic carbocycles. The Morgan fingerprint density at radius 1 is 0.929 bits per heavy atom. The van der Waals surface area contributed by atoms with Crippen LogP contribution < -0.4 is 0 Å². The van der Waals surface area contributed by atoms with Crippen LogP contribution in [0.4, 0.5) is 0 Å². The number of phosphoric acid groups is 1. The molecule has 1 atom stereocenters. The van der Waals surface area contributed by atoms with Crippen LogP contribution in [0.15, 0.2) is 30.3 Å². The summed E-state index contributed by atoms with van der Waals surface area (Å²) in [5.41, 5.74) is 1.30. The van der Waals surface area contributed by atoms with Gasteiger partial charge in [0.25, 0.3) is 0 Å². The Morgan fingerprint density at radius 3 is 1.71 bits per heavy atom. The van der Waals surface area contributed by atoms with E-state index in [1.807, 2.05) is 18.2 Å². The van der Waals surface area contributed by atoms with Crippen LogP contribution in [0.3, 0.4) is 0 Å². The Kier molecular flexibility index (Phi) is 17.7. The number of aliphatic hydroxyl groups is 1. The highest BCUT2D eigenvalue weighted by Crippen LogP contribution is 2.28. The molecule has 4 N–H and O–H groups in total. The van der Waals surface area contributed by atoms with Gasteiger partial charge in [0.05, 0.1) is 19.8 Å². The molecular formula is C20H37O7P. The Hall–Kier alpha value is -0.790. The summed E-state index contributed by atoms with van der Waals surface area (Å²) in [5.74, 6) is 0. The van der Waals surface area contributed by atoms with Gasteiger partial charge < -0.3 is 29.3 Å². The molecule has 2 aliphatic rings. The third-order valence-corrected chi connectivity index (χ3v) is 3.72. The normalized spacial score (nSPS) is 16.4. The maximum Gasteiger partial charge on any atom is 0.466 e. The van der Waals surface area contributed by atoms with Crippen molar-refractivity contribution in [2.75, 3.05) is 26.4 Å². The van der Waals surface area contributed by atoms with Crippen LogP contribution in [-0.4, -0.2) is 46.2 Å². The van der Waals surface area contributed by atoms with Gasteiger partial charge in [0, 0.05) is 6.61 Å². The van der Waals surface area contributed by atoms with E-state index >= 15 is 0 Å². The molecular weight excluding hydrogens is 383 g/mol. The van der Waals surface area contributed by atoms with Crippen LogP contribution in [0.1, 0.15) is 70.0 Å². The number of rotatable bonds is 9. The molecule has 3 rings (SSSR count). The summed E-state index contributed by atoms with van der Waals surface area (Å²) in [4.78, 5) is 21.6. The minimum Gasteiger partial charge on any atom is -0.396 e. The minimum absolute atomic E-state index is 0.370. The monoisotopic (exact) mass is 420 g/mol. The Balaban J connectivity index is 0.000000380. The quantitative estimate of drug-likeness (QED) is 0.271. The van der Waals surface area contributed by atoms with Crippen molar-refractivity contribution >= 4 is 7.82 Å². The fourth-order valence-corrected chi connectivity index (χ4v) is 2.15. The average Bonchev–Trinajstić information content (AvgIpc) is 3.52. The van der Waals surface area contributed by atoms with Gasteiger partial charge in [-0.15, -0.1) is 0 Å². The summed E-state index contributed by atoms with van der Waals surface area (Å²) in [6, 6.07) is 10.3. The van der Waals surface area contributed by atoms with Crippen LogP contribution in [0, 0.1) is 0 Å². The van der Waals surface area contributed by atoms with Gasteiger partial charge in [0.15, 0.2) is 0 Å². The third kappa shape index (κ3) is 27.4. The Labute approximate surface area is 169 Å². The summed E-state index contributed by atoms with van der Waals surface area (Å²) in [6.45, 7) is 5.52. The van der Waals surface area contributed by atoms with E-state index in [2.05, 4.69) is 23.8 Å². The molecule has 2 fully saturated rings. The number of aliphatic hydroxyl groups excluding tert-OH is 1. The number of hydrogen-bond donors (Lipinski definition) is 4. The average molecular weight is 420 g/mol. The molecule has 28 heavy (non-hydrogen) atoms. The van der Waals surface area contributed by atoms with Gasteiger partial charge in [0.1, 0.15) is 6.10 Å². The Morgan fingerprint density at radius 2 is 1.36 bits per heavy atom. The van der Waals surface area contributed by atoms with E-state index in [4.69, 9.17) is 29.1 Å². The van der Waals surface area contributed by atoms with Crippen molar-refractivity contribution < 1.29 is 33.8 Å². The first-order valence-corrected chi connectivity index (χ1v) is 11.6. The summed E-state index contributed by atoms with van der Waals surface area (Å²) >= 11 is 0. The lowest BCUT2D eigenvalue weighted by molar-refractivity contribution is 0.275. The van der Waals surface area contributed by atoms with Gasteiger partial charge >= 0.3 is 7.82 Å². The highest BCUT2D eigenvalue weighted by atomic mass is 31.2. The van der Waals surface area contributed by atoms with E-state index in [1.165, 1.54) is 50.5 Å². The van der Waals surface area contributed by atoms with E-state index in [0.29, 0.717) is 12.7 Å². The molecule has 7 nitrogen and oxygen atoms in total. The highest BCUT2D eigenvalue weighted by Gasteiger charge is 2.23. The molecule has 0 saturated carbocycles. The maximum atomic E-state index is 8.88. The van der Waals surface area contributed by atoms with Crippen LogP contribution >= 0.6 is 7.82 Å². The standard InChI is InChI=1S/C10H22O.C8H8O.C2H4O.H3O4P/c1-2-3-4-5-6-7-8-9-10-11;1-2-4-7(5-3-1)8-6-9-8;1-2-3-1;1-5(2,3)4/h11H,2-10H2,1H3;1-5,8H,6H2;1-2H2;(H3,1,2,3,4). The fourth-order valence-electron chi connectivity index (χ4n) is 2.15. The molecule has 0 spiro atoms. The van der Waals surface area contributed by atoms with Crippen molar-refractivity contribution in [2.45, 2.75) is 64.4 Å². The highest BCUT2D eigenvalue weighted by molar-refractivity contribution is 7.45. The van der Waals surface area contributed by atoms with Crippen molar-refractivity contribution in [3.63, 3.8) is 0 Å². The molecule has 0 radical (unpaired) electrons. The van der Waals surface area contributed by atoms with Gasteiger partial charge in [-0.25, -0.2) is 4.57 Å². The number of ether oxygens (including phenoxy) is 2. The van der Waals surface area contributed by atoms with Crippen molar-refractivity contribution in [1.82, 2.24) is 0 Å². The first kappa shape index (κ1) is 27.2. The Bertz CT molecular complexity index is 468. The van der Waals surface area contributed by atoms with E-state index < -0.39 is 7.82 Å². The molecule has 1 aromatic rings. The van der Waals surface area contributed by atoms with E-state index in [1.54, 1.807) is 0 Å². The van der Waals surface area contributed by atoms with Gasteiger partial charge in [-0.3, -0.25) is 0 Å². The largest absolute Gasteiger partial charge is 0.466 e. The molecule has 0 aromatic heterocycles. The van der Waals surface area contributed by atoms with Gasteiger partial charge in [-0.2, -0.15) is 0 Å². The molecule has 164 valence electrons. The van der Waals surface area contributed by atoms with E-state index in [-0.39, 0.29) is 0 Å². The zero-order chi connectivity index (χ0) is 21.1. The number of unbranched alkanes of at least 4 members (excludes halogenated alkanes) is 7. The number of hydrogen-bond acceptors (Lipinski definition) is 4. The zero-order valence-corrected chi connectivity index (χ0v) is 17.8. The third-order valence-electron chi connectivity index (χ3n) is 3.72. The van der Waals surface area contributed by atoms with Crippen molar-refractivity contribution in [1.29, 1.82) is 0 Å². The van der Waals surface area contributed by atoms with Crippen LogP contribution in [0.25, 0.3) is 0 Å². The molecule has 2 aliphatic heterocycles. The maximum absolute atomic E-state index is 8.88. The first-order chi connectivity index (χ1) is 13.4. The topological polar surface area (TPSA) is 123 Å². The molecule has 1 aromatic carbocycles. The summed E-state index contributed by atoms with van der Waals surface area (Å²) in [6.07, 6.45) is 10.8. The zero-order valence-electron chi connectivity index (χ0n) is 16.9. The second-order valence-electron chi connectivity index (χ2n) is 6.56. The van der Waals surface area contributed by atoms with E-state index in [0.717, 1.165) is 26.2 Å². The molecule has 2 saturated heterocycles. The van der Waals surface area contributed by atoms with Crippen molar-refractivity contribution in [2.24, 2.45) is 0 Å². The van der Waals surface area contributed by atoms with Crippen LogP contribution in [0.2, 0.25) is 0 Å². The predicted molar refractivity (Wildman–Crippen MR) is 110 cm³/mol. The summed E-state index contributed by atoms with van der Waals surface area (Å²) < 4.78 is 18.5. The minimum atomic E-state index is -4.64. The van der Waals surface area contributed by atoms with Gasteiger partial charge in [-0.05, 0) is 12.0 Å². The van der Waals surface area contributed by atoms with Crippen molar-refractivity contribution in [3.05, 3.63) is 35.9 Å². The smallest absolute Gasteiger partial charge is 0.396 e. The summed E-state index contributed by atoms with van der Waals surface area (Å²) in [7, 11) is -4.64. The van der Waals surface area contributed by atoms with Crippen LogP contribution in [-0.2, 0) is 14.0 Å². The number of epoxide rings is 2. The molecule has 2 heterocycles. The lowest BCUT2D eigenvalue weighted by Crippen LogP contribution is -1.83. The lowest BCUT2D eigenvalue weighted by atomic mass is 10.1. The summed E-state index contributed by atoms with van der Waals surface area (Å²) in [5, 5.41) is 8.51. The van der Waals surface area contributed by atoms with E-state index in [9.17, 15) is 0 Å².